The molecule has 1 aromatic carbocycles. The third kappa shape index (κ3) is 4.76. The van der Waals surface area contributed by atoms with Gasteiger partial charge in [-0.25, -0.2) is 14.8 Å². The van der Waals surface area contributed by atoms with Crippen LogP contribution in [0.1, 0.15) is 40.4 Å². The van der Waals surface area contributed by atoms with Crippen molar-refractivity contribution >= 4 is 23.4 Å². The number of carboxylic acid groups (broad SMARTS) is 1. The zero-order chi connectivity index (χ0) is 23.1. The van der Waals surface area contributed by atoms with E-state index in [2.05, 4.69) is 9.97 Å². The monoisotopic (exact) mass is 464 g/mol. The molecule has 1 aliphatic carbocycles. The number of carboxylic acids is 1. The lowest BCUT2D eigenvalue weighted by atomic mass is 9.94. The molecule has 1 atom stereocenters. The van der Waals surface area contributed by atoms with Gasteiger partial charge in [0, 0.05) is 16.9 Å². The number of aliphatic carboxylic acids is 1. The first-order valence-corrected chi connectivity index (χ1v) is 10.5. The van der Waals surface area contributed by atoms with Crippen LogP contribution in [0.2, 0.25) is 0 Å². The van der Waals surface area contributed by atoms with Crippen LogP contribution in [0.3, 0.4) is 0 Å². The van der Waals surface area contributed by atoms with E-state index in [0.717, 1.165) is 22.7 Å². The first kappa shape index (κ1) is 22.2. The lowest BCUT2D eigenvalue weighted by Crippen LogP contribution is -2.33. The molecule has 3 aromatic rings. The first-order chi connectivity index (χ1) is 15.0. The van der Waals surface area contributed by atoms with Crippen molar-refractivity contribution in [3.63, 3.8) is 0 Å². The number of ether oxygens (including phenoxy) is 1. The summed E-state index contributed by atoms with van der Waals surface area (Å²) in [4.78, 5) is 20.7. The van der Waals surface area contributed by atoms with Gasteiger partial charge in [-0.15, -0.1) is 11.3 Å². The van der Waals surface area contributed by atoms with Gasteiger partial charge in [0.25, 0.3) is 0 Å². The van der Waals surface area contributed by atoms with E-state index in [0.29, 0.717) is 40.8 Å². The van der Waals surface area contributed by atoms with Crippen molar-refractivity contribution in [3.05, 3.63) is 63.8 Å². The van der Waals surface area contributed by atoms with Crippen LogP contribution < -0.4 is 0 Å². The van der Waals surface area contributed by atoms with Crippen LogP contribution in [0.25, 0.3) is 16.6 Å². The van der Waals surface area contributed by atoms with Gasteiger partial charge in [-0.2, -0.15) is 13.2 Å². The SMILES string of the molecule is Cc1nc(-c2ccc(C(F)(F)F)cc2)sc1Cc1nc2c(o1)CC(C)(OCC(=O)O)C=C2. The van der Waals surface area contributed by atoms with E-state index >= 15 is 0 Å². The number of thiazole rings is 1. The van der Waals surface area contributed by atoms with E-state index in [1.807, 2.05) is 6.92 Å². The largest absolute Gasteiger partial charge is 0.480 e. The van der Waals surface area contributed by atoms with Crippen LogP contribution >= 0.6 is 11.3 Å². The number of halogens is 3. The van der Waals surface area contributed by atoms with Crippen LogP contribution in [0, 0.1) is 6.92 Å². The molecule has 32 heavy (non-hydrogen) atoms. The van der Waals surface area contributed by atoms with Crippen molar-refractivity contribution in [2.75, 3.05) is 6.61 Å². The third-order valence-corrected chi connectivity index (χ3v) is 6.27. The number of alkyl halides is 3. The van der Waals surface area contributed by atoms with Gasteiger partial charge in [-0.1, -0.05) is 18.2 Å². The van der Waals surface area contributed by atoms with Gasteiger partial charge < -0.3 is 14.3 Å². The second-order valence-electron chi connectivity index (χ2n) is 7.70. The zero-order valence-electron chi connectivity index (χ0n) is 17.2. The molecule has 2 aromatic heterocycles. The Morgan fingerprint density at radius 3 is 2.66 bits per heavy atom. The van der Waals surface area contributed by atoms with Gasteiger partial charge in [-0.3, -0.25) is 0 Å². The molecule has 0 bridgehead atoms. The van der Waals surface area contributed by atoms with Crippen molar-refractivity contribution in [2.45, 2.75) is 38.5 Å². The standard InChI is InChI=1S/C22H19F3N2O4S/c1-12-17(32-20(26-12)13-3-5-14(6-4-13)22(23,24)25)9-18-27-15-7-8-21(2,10-16(15)31-18)30-11-19(28)29/h3-8H,9-11H2,1-2H3,(H,28,29). The van der Waals surface area contributed by atoms with Crippen molar-refractivity contribution in [1.82, 2.24) is 9.97 Å². The number of nitrogens with zero attached hydrogens (tertiary/aromatic N) is 2. The predicted molar refractivity (Wildman–Crippen MR) is 111 cm³/mol. The summed E-state index contributed by atoms with van der Waals surface area (Å²) in [5.74, 6) is 0.0431. The van der Waals surface area contributed by atoms with Crippen molar-refractivity contribution in [1.29, 1.82) is 0 Å². The molecule has 0 saturated heterocycles. The molecule has 168 valence electrons. The quantitative estimate of drug-likeness (QED) is 0.543. The normalized spacial score (nSPS) is 18.0. The van der Waals surface area contributed by atoms with E-state index in [1.165, 1.54) is 23.5 Å². The summed E-state index contributed by atoms with van der Waals surface area (Å²) in [5, 5.41) is 9.46. The maximum Gasteiger partial charge on any atom is 0.416 e. The number of benzene rings is 1. The summed E-state index contributed by atoms with van der Waals surface area (Å²) in [7, 11) is 0. The number of carbonyl (C=O) groups is 1. The molecule has 1 unspecified atom stereocenters. The lowest BCUT2D eigenvalue weighted by Gasteiger charge is -2.27. The molecular weight excluding hydrogens is 445 g/mol. The van der Waals surface area contributed by atoms with Gasteiger partial charge in [-0.05, 0) is 32.1 Å². The topological polar surface area (TPSA) is 85.5 Å². The van der Waals surface area contributed by atoms with Gasteiger partial charge in [0.1, 0.15) is 23.1 Å². The highest BCUT2D eigenvalue weighted by atomic mass is 32.1. The number of hydrogen-bond acceptors (Lipinski definition) is 6. The number of aromatic nitrogens is 2. The Morgan fingerprint density at radius 2 is 2.00 bits per heavy atom. The Balaban J connectivity index is 1.50. The second-order valence-corrected chi connectivity index (χ2v) is 8.78. The summed E-state index contributed by atoms with van der Waals surface area (Å²) in [6.07, 6.45) is -0.114. The Bertz CT molecular complexity index is 1180. The highest BCUT2D eigenvalue weighted by Gasteiger charge is 2.32. The van der Waals surface area contributed by atoms with Crippen LogP contribution in [0.15, 0.2) is 34.8 Å². The minimum Gasteiger partial charge on any atom is -0.480 e. The summed E-state index contributed by atoms with van der Waals surface area (Å²) in [5.41, 5.74) is 0.539. The van der Waals surface area contributed by atoms with E-state index in [-0.39, 0.29) is 0 Å². The molecule has 0 amide bonds. The molecule has 0 radical (unpaired) electrons. The van der Waals surface area contributed by atoms with Crippen molar-refractivity contribution in [2.24, 2.45) is 0 Å². The fourth-order valence-electron chi connectivity index (χ4n) is 3.36. The summed E-state index contributed by atoms with van der Waals surface area (Å²) < 4.78 is 49.7. The maximum absolute atomic E-state index is 12.8. The molecule has 2 heterocycles. The fraction of sp³-hybridized carbons (Fsp3) is 0.318. The summed E-state index contributed by atoms with van der Waals surface area (Å²) in [6.45, 7) is 3.20. The maximum atomic E-state index is 12.8. The molecule has 0 spiro atoms. The molecule has 4 rings (SSSR count). The fourth-order valence-corrected chi connectivity index (χ4v) is 4.42. The van der Waals surface area contributed by atoms with Gasteiger partial charge in [0.2, 0.25) is 0 Å². The van der Waals surface area contributed by atoms with Gasteiger partial charge in [0.15, 0.2) is 5.89 Å². The number of hydrogen-bond donors (Lipinski definition) is 1. The number of aryl methyl sites for hydroxylation is 1. The number of rotatable bonds is 6. The molecule has 0 fully saturated rings. The highest BCUT2D eigenvalue weighted by molar-refractivity contribution is 7.15. The van der Waals surface area contributed by atoms with Gasteiger partial charge in [0.05, 0.1) is 23.3 Å². The zero-order valence-corrected chi connectivity index (χ0v) is 18.0. The van der Waals surface area contributed by atoms with E-state index in [4.69, 9.17) is 14.3 Å². The molecular formula is C22H19F3N2O4S. The first-order valence-electron chi connectivity index (χ1n) is 9.70. The molecule has 1 aliphatic rings. The molecule has 1 N–H and O–H groups in total. The Kier molecular flexibility index (Phi) is 5.68. The molecule has 10 heteroatoms. The summed E-state index contributed by atoms with van der Waals surface area (Å²) in [6, 6.07) is 4.92. The van der Waals surface area contributed by atoms with Gasteiger partial charge >= 0.3 is 12.1 Å². The van der Waals surface area contributed by atoms with E-state index in [9.17, 15) is 18.0 Å². The third-order valence-electron chi connectivity index (χ3n) is 5.07. The van der Waals surface area contributed by atoms with Crippen LogP contribution in [0.4, 0.5) is 13.2 Å². The Labute approximate surface area is 185 Å². The Hall–Kier alpha value is -2.98. The highest BCUT2D eigenvalue weighted by Crippen LogP contribution is 2.34. The van der Waals surface area contributed by atoms with E-state index in [1.54, 1.807) is 19.1 Å². The minimum absolute atomic E-state index is 0.359. The second kappa shape index (κ2) is 8.18. The summed E-state index contributed by atoms with van der Waals surface area (Å²) >= 11 is 1.38. The van der Waals surface area contributed by atoms with Crippen LogP contribution in [0.5, 0.6) is 0 Å². The van der Waals surface area contributed by atoms with Crippen LogP contribution in [-0.2, 0) is 28.5 Å². The molecule has 0 aliphatic heterocycles. The lowest BCUT2D eigenvalue weighted by molar-refractivity contribution is -0.146. The molecule has 0 saturated carbocycles. The number of fused-ring (bicyclic) bond motifs is 1. The Morgan fingerprint density at radius 1 is 1.28 bits per heavy atom. The van der Waals surface area contributed by atoms with Crippen molar-refractivity contribution < 1.29 is 32.2 Å². The van der Waals surface area contributed by atoms with Crippen LogP contribution in [-0.4, -0.2) is 33.3 Å². The van der Waals surface area contributed by atoms with Crippen molar-refractivity contribution in [3.8, 4) is 10.6 Å². The average molecular weight is 464 g/mol. The number of oxazole rings is 1. The minimum atomic E-state index is -4.38. The smallest absolute Gasteiger partial charge is 0.416 e. The molecule has 6 nitrogen and oxygen atoms in total. The van der Waals surface area contributed by atoms with E-state index < -0.39 is 29.9 Å². The predicted octanol–water partition coefficient (Wildman–Crippen LogP) is 5.15. The average Bonchev–Trinajstić information content (AvgIpc) is 3.28.